The molecule has 0 unspecified atom stereocenters. The van der Waals surface area contributed by atoms with E-state index in [0.717, 1.165) is 30.4 Å². The van der Waals surface area contributed by atoms with E-state index in [9.17, 15) is 29.1 Å². The van der Waals surface area contributed by atoms with E-state index in [1.165, 1.54) is 9.80 Å². The first-order valence-electron chi connectivity index (χ1n) is 16.0. The molecule has 3 fully saturated rings. The van der Waals surface area contributed by atoms with Gasteiger partial charge in [0, 0.05) is 31.8 Å². The number of carbonyl (C=O) groups excluding carboxylic acids is 4. The molecule has 1 aliphatic carbocycles. The highest BCUT2D eigenvalue weighted by molar-refractivity contribution is 6.42. The third-order valence-corrected chi connectivity index (χ3v) is 10.3. The topological polar surface area (TPSA) is 164 Å². The summed E-state index contributed by atoms with van der Waals surface area (Å²) in [6.45, 7) is 1.13. The van der Waals surface area contributed by atoms with Crippen LogP contribution in [0.5, 0.6) is 0 Å². The zero-order valence-electron chi connectivity index (χ0n) is 25.8. The minimum atomic E-state index is -1.48. The molecule has 6 atom stereocenters. The van der Waals surface area contributed by atoms with Crippen molar-refractivity contribution in [1.82, 2.24) is 20.4 Å². The van der Waals surface area contributed by atoms with Crippen LogP contribution in [-0.2, 0) is 41.7 Å². The zero-order valence-corrected chi connectivity index (χ0v) is 27.3. The molecule has 1 aromatic rings. The number of allylic oxidation sites excluding steroid dienone is 1. The van der Waals surface area contributed by atoms with Gasteiger partial charge in [0.25, 0.3) is 0 Å². The summed E-state index contributed by atoms with van der Waals surface area (Å²) >= 11 is 12.3. The Morgan fingerprint density at radius 2 is 1.77 bits per heavy atom. The number of alkyl carbamates (subject to hydrolysis) is 1. The Morgan fingerprint density at radius 1 is 1.02 bits per heavy atom. The number of ether oxygens (including phenoxy) is 3. The predicted molar refractivity (Wildman–Crippen MR) is 168 cm³/mol. The molecule has 254 valence electrons. The summed E-state index contributed by atoms with van der Waals surface area (Å²) in [4.78, 5) is 69.2. The van der Waals surface area contributed by atoms with Crippen LogP contribution in [0.3, 0.4) is 0 Å². The first-order chi connectivity index (χ1) is 22.5. The van der Waals surface area contributed by atoms with Crippen molar-refractivity contribution < 1.29 is 43.3 Å². The van der Waals surface area contributed by atoms with E-state index in [0.29, 0.717) is 35.9 Å². The van der Waals surface area contributed by atoms with Gasteiger partial charge in [-0.1, -0.05) is 48.2 Å². The Morgan fingerprint density at radius 3 is 2.45 bits per heavy atom. The molecule has 5 aliphatic rings. The van der Waals surface area contributed by atoms with Gasteiger partial charge in [-0.25, -0.2) is 14.4 Å². The maximum absolute atomic E-state index is 14.1. The summed E-state index contributed by atoms with van der Waals surface area (Å²) in [5, 5.41) is 16.2. The maximum Gasteiger partial charge on any atom is 0.410 e. The lowest BCUT2D eigenvalue weighted by atomic mass is 10.0. The van der Waals surface area contributed by atoms with Crippen LogP contribution in [0.4, 0.5) is 9.59 Å². The highest BCUT2D eigenvalue weighted by atomic mass is 35.5. The van der Waals surface area contributed by atoms with Gasteiger partial charge in [0.1, 0.15) is 29.8 Å². The molecule has 0 radical (unpaired) electrons. The van der Waals surface area contributed by atoms with Crippen LogP contribution < -0.4 is 10.6 Å². The van der Waals surface area contributed by atoms with Crippen LogP contribution in [0.25, 0.3) is 0 Å². The molecular weight excluding hydrogens is 655 g/mol. The highest BCUT2D eigenvalue weighted by Crippen LogP contribution is 2.45. The second-order valence-electron chi connectivity index (χ2n) is 12.9. The number of aliphatic carboxylic acids is 1. The van der Waals surface area contributed by atoms with Crippen LogP contribution in [0.15, 0.2) is 24.3 Å². The first kappa shape index (κ1) is 33.4. The number of fused-ring (bicyclic) bond motifs is 3. The van der Waals surface area contributed by atoms with Crippen molar-refractivity contribution in [1.29, 1.82) is 0 Å². The summed E-state index contributed by atoms with van der Waals surface area (Å²) in [5.41, 5.74) is 0.190. The molecule has 47 heavy (non-hydrogen) atoms. The number of carboxylic acids is 1. The Balaban J connectivity index is 1.20. The normalized spacial score (nSPS) is 30.7. The monoisotopic (exact) mass is 692 g/mol. The first-order valence-corrected chi connectivity index (χ1v) is 16.8. The van der Waals surface area contributed by atoms with Gasteiger partial charge in [0.2, 0.25) is 11.8 Å². The molecule has 3 N–H and O–H groups in total. The Kier molecular flexibility index (Phi) is 9.86. The number of nitrogens with one attached hydrogen (secondary N) is 2. The fourth-order valence-corrected chi connectivity index (χ4v) is 7.19. The van der Waals surface area contributed by atoms with E-state index >= 15 is 0 Å². The van der Waals surface area contributed by atoms with E-state index in [1.54, 1.807) is 12.1 Å². The lowest BCUT2D eigenvalue weighted by molar-refractivity contribution is -0.145. The van der Waals surface area contributed by atoms with Crippen molar-refractivity contribution in [2.45, 2.75) is 94.3 Å². The average molecular weight is 694 g/mol. The van der Waals surface area contributed by atoms with Gasteiger partial charge < -0.3 is 34.9 Å². The smallest absolute Gasteiger partial charge is 0.410 e. The fourth-order valence-electron chi connectivity index (χ4n) is 6.82. The van der Waals surface area contributed by atoms with Gasteiger partial charge in [-0.3, -0.25) is 14.5 Å². The molecule has 1 aromatic carbocycles. The third kappa shape index (κ3) is 7.31. The number of hydrogen-bond donors (Lipinski definition) is 3. The molecule has 4 heterocycles. The quantitative estimate of drug-likeness (QED) is 0.399. The van der Waals surface area contributed by atoms with Gasteiger partial charge in [0.15, 0.2) is 0 Å². The van der Waals surface area contributed by atoms with Gasteiger partial charge in [-0.15, -0.1) is 0 Å². The second kappa shape index (κ2) is 13.9. The molecule has 13 nitrogen and oxygen atoms in total. The number of carboxylic acid groups (broad SMARTS) is 1. The van der Waals surface area contributed by atoms with Gasteiger partial charge in [-0.05, 0) is 48.9 Å². The molecule has 4 amide bonds. The molecule has 2 saturated heterocycles. The largest absolute Gasteiger partial charge is 0.479 e. The third-order valence-electron chi connectivity index (χ3n) is 9.57. The van der Waals surface area contributed by atoms with Crippen molar-refractivity contribution in [3.8, 4) is 0 Å². The van der Waals surface area contributed by atoms with Crippen molar-refractivity contribution in [3.05, 3.63) is 45.5 Å². The molecule has 0 bridgehead atoms. The maximum atomic E-state index is 14.1. The Hall–Kier alpha value is -3.55. The minimum absolute atomic E-state index is 0.0471. The number of amides is 4. The van der Waals surface area contributed by atoms with E-state index in [2.05, 4.69) is 10.6 Å². The summed E-state index contributed by atoms with van der Waals surface area (Å²) in [7, 11) is 0. The number of carbonyl (C=O) groups is 5. The second-order valence-corrected chi connectivity index (χ2v) is 13.7. The van der Waals surface area contributed by atoms with Crippen LogP contribution in [0.1, 0.15) is 62.5 Å². The molecule has 4 aliphatic heterocycles. The minimum Gasteiger partial charge on any atom is -0.479 e. The lowest BCUT2D eigenvalue weighted by Crippen LogP contribution is -2.56. The highest BCUT2D eigenvalue weighted by Gasteiger charge is 2.61. The Labute approximate surface area is 281 Å². The average Bonchev–Trinajstić information content (AvgIpc) is 3.42. The standard InChI is InChI=1S/C32H38Cl2N4O9/c33-23-10-18-14-37(15-19(18)11-24(23)34)31(44)47-22-12-26-27(39)36-32(29(41)42)13-20(32)6-4-2-1-3-5-7-25(28(40)38(26)16-22)35-30(43)46-21-8-9-45-17-21/h4,6,10-11,20-22,25-26H,1-3,5,7-9,12-17H2,(H,35,43)(H,36,39)(H,41,42)/t20-,21-,22-,25+,26+,32-/m1/s1. The molecule has 0 aromatic heterocycles. The van der Waals surface area contributed by atoms with Crippen molar-refractivity contribution in [2.24, 2.45) is 5.92 Å². The predicted octanol–water partition coefficient (Wildman–Crippen LogP) is 3.78. The lowest BCUT2D eigenvalue weighted by Gasteiger charge is -2.29. The fraction of sp³-hybridized carbons (Fsp3) is 0.594. The number of halogens is 2. The number of rotatable bonds is 4. The van der Waals surface area contributed by atoms with Crippen LogP contribution in [-0.4, -0.2) is 94.5 Å². The molecule has 0 spiro atoms. The summed E-state index contributed by atoms with van der Waals surface area (Å²) in [6.07, 6.45) is 5.03. The van der Waals surface area contributed by atoms with E-state index in [4.69, 9.17) is 37.4 Å². The summed E-state index contributed by atoms with van der Waals surface area (Å²) in [5.74, 6) is -2.73. The zero-order chi connectivity index (χ0) is 33.3. The van der Waals surface area contributed by atoms with E-state index in [1.807, 2.05) is 12.2 Å². The van der Waals surface area contributed by atoms with Crippen LogP contribution >= 0.6 is 23.2 Å². The summed E-state index contributed by atoms with van der Waals surface area (Å²) in [6, 6.07) is 1.26. The van der Waals surface area contributed by atoms with Gasteiger partial charge in [0.05, 0.1) is 29.8 Å². The van der Waals surface area contributed by atoms with Crippen molar-refractivity contribution in [3.63, 3.8) is 0 Å². The van der Waals surface area contributed by atoms with Crippen molar-refractivity contribution >= 4 is 53.2 Å². The summed E-state index contributed by atoms with van der Waals surface area (Å²) < 4.78 is 16.6. The SMILES string of the molecule is O=C(N[C@H]1CCCCCC=C[C@@H]2C[C@@]2(C(=O)O)NC(=O)[C@@H]2C[C@@H](OC(=O)N3Cc4cc(Cl)c(Cl)cc4C3)CN2C1=O)O[C@@H]1CCOC1. The number of nitrogens with zero attached hydrogens (tertiary/aromatic N) is 2. The van der Waals surface area contributed by atoms with Crippen LogP contribution in [0, 0.1) is 5.92 Å². The number of hydrogen-bond acceptors (Lipinski definition) is 8. The van der Waals surface area contributed by atoms with E-state index in [-0.39, 0.29) is 45.0 Å². The molecule has 15 heteroatoms. The van der Waals surface area contributed by atoms with Gasteiger partial charge in [-0.2, -0.15) is 0 Å². The Bertz CT molecular complexity index is 1440. The van der Waals surface area contributed by atoms with E-state index < -0.39 is 59.8 Å². The molecular formula is C32H38Cl2N4O9. The van der Waals surface area contributed by atoms with Gasteiger partial charge >= 0.3 is 18.2 Å². The van der Waals surface area contributed by atoms with Crippen molar-refractivity contribution in [2.75, 3.05) is 19.8 Å². The molecule has 1 saturated carbocycles. The number of benzene rings is 1. The van der Waals surface area contributed by atoms with Crippen LogP contribution in [0.2, 0.25) is 10.0 Å². The molecule has 6 rings (SSSR count).